The summed E-state index contributed by atoms with van der Waals surface area (Å²) in [7, 11) is 0. The fraction of sp³-hybridized carbons (Fsp3) is 0.312. The largest absolute Gasteiger partial charge is 0.310 e. The molecule has 8 aliphatic carbocycles. The Balaban J connectivity index is 0.903. The number of benzene rings is 8. The van der Waals surface area contributed by atoms with Crippen molar-refractivity contribution in [1.29, 1.82) is 0 Å². The van der Waals surface area contributed by atoms with E-state index in [1.54, 1.807) is 11.1 Å². The van der Waals surface area contributed by atoms with Crippen LogP contribution in [0.3, 0.4) is 0 Å². The summed E-state index contributed by atoms with van der Waals surface area (Å²) in [5.74, 6) is 8.61. The van der Waals surface area contributed by atoms with Crippen molar-refractivity contribution in [2.24, 2.45) is 47.3 Å². The van der Waals surface area contributed by atoms with E-state index in [1.807, 2.05) is 0 Å². The average Bonchev–Trinajstić information content (AvgIpc) is 3.34. The SMILES string of the molecule is c1cc(-c2ccc(N(c3ccc(-c4cccc5ccccc45)cc3)c3ccc(-c4cccc5ccccc45)cc3)cc2C2C3CC4CC(C3)CC2C4)cc(C2C3CC4CC(C3)CC2C4)c1. The van der Waals surface area contributed by atoms with Crippen molar-refractivity contribution in [3.8, 4) is 33.4 Å². The zero-order valence-electron chi connectivity index (χ0n) is 37.5. The van der Waals surface area contributed by atoms with Gasteiger partial charge in [0, 0.05) is 17.1 Å². The molecule has 0 amide bonds. The van der Waals surface area contributed by atoms with Crippen molar-refractivity contribution in [2.75, 3.05) is 4.90 Å². The number of rotatable bonds is 8. The van der Waals surface area contributed by atoms with Crippen LogP contribution in [0.5, 0.6) is 0 Å². The van der Waals surface area contributed by atoms with Gasteiger partial charge in [0.1, 0.15) is 0 Å². The van der Waals surface area contributed by atoms with Crippen LogP contribution in [0.4, 0.5) is 17.1 Å². The predicted octanol–water partition coefficient (Wildman–Crippen LogP) is 17.5. The second kappa shape index (κ2) is 15.3. The standard InChI is InChI=1S/C64H59N/c1-3-14-57-44(8-1)10-6-16-59(57)46-18-22-54(23-19-46)65(55-24-20-47(21-25-55)60-17-7-11-45-9-2-4-15-58(45)60)56-26-27-61(62(39-56)64-52-34-42-29-43(36-52)37-53(64)35-42)48-12-5-13-49(38-48)63-50-30-40-28-41(32-50)33-51(63)31-40/h1-27,38-43,50-53,63-64H,28-37H2. The summed E-state index contributed by atoms with van der Waals surface area (Å²) in [6, 6.07) is 67.5. The van der Waals surface area contributed by atoms with Crippen LogP contribution >= 0.6 is 0 Å². The van der Waals surface area contributed by atoms with E-state index in [0.717, 1.165) is 53.3 Å². The Hall–Kier alpha value is -5.92. The Morgan fingerprint density at radius 3 is 1.28 bits per heavy atom. The third-order valence-corrected chi connectivity index (χ3v) is 18.1. The maximum absolute atomic E-state index is 2.68. The molecular formula is C64H59N. The number of nitrogens with zero attached hydrogens (tertiary/aromatic N) is 1. The van der Waals surface area contributed by atoms with Gasteiger partial charge in [-0.05, 0) is 226 Å². The number of anilines is 3. The maximum atomic E-state index is 2.68. The van der Waals surface area contributed by atoms with Crippen LogP contribution in [0.1, 0.15) is 87.2 Å². The Bertz CT molecular complexity index is 2890. The van der Waals surface area contributed by atoms with E-state index >= 15 is 0 Å². The molecule has 16 rings (SSSR count). The predicted molar refractivity (Wildman–Crippen MR) is 272 cm³/mol. The van der Waals surface area contributed by atoms with E-state index < -0.39 is 0 Å². The van der Waals surface area contributed by atoms with Crippen molar-refractivity contribution in [1.82, 2.24) is 0 Å². The first kappa shape index (κ1) is 38.4. The monoisotopic (exact) mass is 841 g/mol. The van der Waals surface area contributed by atoms with Gasteiger partial charge in [0.25, 0.3) is 0 Å². The van der Waals surface area contributed by atoms with E-state index in [-0.39, 0.29) is 0 Å². The number of hydrogen-bond donors (Lipinski definition) is 0. The normalized spacial score (nSPS) is 28.3. The van der Waals surface area contributed by atoms with Gasteiger partial charge in [0.15, 0.2) is 0 Å². The average molecular weight is 842 g/mol. The summed E-state index contributed by atoms with van der Waals surface area (Å²) >= 11 is 0. The van der Waals surface area contributed by atoms with Crippen LogP contribution in [-0.2, 0) is 0 Å². The highest BCUT2D eigenvalue weighted by molar-refractivity contribution is 5.98. The first-order chi connectivity index (χ1) is 32.1. The molecule has 8 bridgehead atoms. The molecule has 320 valence electrons. The van der Waals surface area contributed by atoms with Crippen LogP contribution in [0, 0.1) is 47.3 Å². The van der Waals surface area contributed by atoms with Gasteiger partial charge in [0.05, 0.1) is 0 Å². The Kier molecular flexibility index (Phi) is 9.05. The molecule has 0 N–H and O–H groups in total. The van der Waals surface area contributed by atoms with Crippen molar-refractivity contribution in [3.63, 3.8) is 0 Å². The molecule has 0 aliphatic heterocycles. The lowest BCUT2D eigenvalue weighted by atomic mass is 9.50. The molecule has 0 saturated heterocycles. The highest BCUT2D eigenvalue weighted by Crippen LogP contribution is 2.62. The van der Waals surface area contributed by atoms with E-state index in [1.165, 1.54) is 136 Å². The zero-order chi connectivity index (χ0) is 42.6. The summed E-state index contributed by atoms with van der Waals surface area (Å²) in [5, 5.41) is 5.16. The molecule has 0 atom stereocenters. The second-order valence-electron chi connectivity index (χ2n) is 21.8. The number of fused-ring (bicyclic) bond motifs is 2. The smallest absolute Gasteiger partial charge is 0.0464 e. The molecule has 0 aromatic heterocycles. The second-order valence-corrected chi connectivity index (χ2v) is 21.8. The van der Waals surface area contributed by atoms with Gasteiger partial charge in [-0.15, -0.1) is 0 Å². The van der Waals surface area contributed by atoms with Crippen LogP contribution in [-0.4, -0.2) is 0 Å². The highest BCUT2D eigenvalue weighted by atomic mass is 15.1. The van der Waals surface area contributed by atoms with Gasteiger partial charge in [-0.2, -0.15) is 0 Å². The summed E-state index contributed by atoms with van der Waals surface area (Å²) in [4.78, 5) is 2.55. The van der Waals surface area contributed by atoms with Gasteiger partial charge >= 0.3 is 0 Å². The lowest BCUT2D eigenvalue weighted by Crippen LogP contribution is -2.44. The van der Waals surface area contributed by atoms with Crippen molar-refractivity contribution >= 4 is 38.6 Å². The third kappa shape index (κ3) is 6.54. The minimum Gasteiger partial charge on any atom is -0.310 e. The van der Waals surface area contributed by atoms with Crippen LogP contribution in [0.15, 0.2) is 176 Å². The van der Waals surface area contributed by atoms with E-state index in [0.29, 0.717) is 5.92 Å². The van der Waals surface area contributed by atoms with E-state index in [2.05, 4.69) is 181 Å². The van der Waals surface area contributed by atoms with Crippen molar-refractivity contribution in [2.45, 2.75) is 76.0 Å². The topological polar surface area (TPSA) is 3.24 Å². The van der Waals surface area contributed by atoms with Crippen molar-refractivity contribution < 1.29 is 0 Å². The molecule has 65 heavy (non-hydrogen) atoms. The van der Waals surface area contributed by atoms with Crippen LogP contribution < -0.4 is 4.90 Å². The molecule has 1 heteroatoms. The quantitative estimate of drug-likeness (QED) is 0.147. The molecule has 8 fully saturated rings. The van der Waals surface area contributed by atoms with Gasteiger partial charge in [-0.25, -0.2) is 0 Å². The zero-order valence-corrected chi connectivity index (χ0v) is 37.5. The lowest BCUT2D eigenvalue weighted by molar-refractivity contribution is -0.00280. The minimum atomic E-state index is 0.618. The molecule has 0 heterocycles. The third-order valence-electron chi connectivity index (χ3n) is 18.1. The maximum Gasteiger partial charge on any atom is 0.0464 e. The molecule has 0 radical (unpaired) electrons. The molecule has 0 spiro atoms. The first-order valence-corrected chi connectivity index (χ1v) is 25.3. The van der Waals surface area contributed by atoms with Crippen LogP contribution in [0.2, 0.25) is 0 Å². The van der Waals surface area contributed by atoms with Gasteiger partial charge in [-0.1, -0.05) is 140 Å². The molecule has 8 aliphatic rings. The molecule has 1 nitrogen and oxygen atoms in total. The minimum absolute atomic E-state index is 0.618. The Morgan fingerprint density at radius 1 is 0.308 bits per heavy atom. The fourth-order valence-electron chi connectivity index (χ4n) is 16.0. The van der Waals surface area contributed by atoms with E-state index in [9.17, 15) is 0 Å². The van der Waals surface area contributed by atoms with Crippen molar-refractivity contribution in [3.05, 3.63) is 187 Å². The molecule has 0 unspecified atom stereocenters. The van der Waals surface area contributed by atoms with Gasteiger partial charge < -0.3 is 4.90 Å². The van der Waals surface area contributed by atoms with Gasteiger partial charge in [-0.3, -0.25) is 0 Å². The highest BCUT2D eigenvalue weighted by Gasteiger charge is 2.50. The Morgan fingerprint density at radius 2 is 0.754 bits per heavy atom. The number of hydrogen-bond acceptors (Lipinski definition) is 1. The molecule has 8 aromatic carbocycles. The molecule has 8 aromatic rings. The fourth-order valence-corrected chi connectivity index (χ4v) is 16.0. The van der Waals surface area contributed by atoms with Gasteiger partial charge in [0.2, 0.25) is 0 Å². The lowest BCUT2D eigenvalue weighted by Gasteiger charge is -2.55. The summed E-state index contributed by atoms with van der Waals surface area (Å²) < 4.78 is 0. The van der Waals surface area contributed by atoms with Crippen LogP contribution in [0.25, 0.3) is 54.9 Å². The molecule has 8 saturated carbocycles. The summed E-state index contributed by atoms with van der Waals surface area (Å²) in [6.07, 6.45) is 14.6. The molecular weight excluding hydrogens is 783 g/mol. The Labute approximate surface area is 385 Å². The van der Waals surface area contributed by atoms with E-state index in [4.69, 9.17) is 0 Å². The first-order valence-electron chi connectivity index (χ1n) is 25.3. The summed E-state index contributed by atoms with van der Waals surface area (Å²) in [5.41, 5.74) is 14.9. The summed E-state index contributed by atoms with van der Waals surface area (Å²) in [6.45, 7) is 0.